The summed E-state index contributed by atoms with van der Waals surface area (Å²) in [7, 11) is 0. The minimum atomic E-state index is 1.20. The van der Waals surface area contributed by atoms with Crippen molar-refractivity contribution in [2.45, 2.75) is 0 Å². The predicted molar refractivity (Wildman–Crippen MR) is 45.8 cm³/mol. The van der Waals surface area contributed by atoms with Gasteiger partial charge >= 0.3 is 0 Å². The van der Waals surface area contributed by atoms with Crippen LogP contribution in [0.1, 0.15) is 0 Å². The highest BCUT2D eigenvalue weighted by molar-refractivity contribution is 5.80. The smallest absolute Gasteiger partial charge is 0.0268 e. The van der Waals surface area contributed by atoms with E-state index >= 15 is 0 Å². The molecule has 0 bridgehead atoms. The van der Waals surface area contributed by atoms with Crippen LogP contribution in [0.5, 0.6) is 0 Å². The van der Waals surface area contributed by atoms with Crippen molar-refractivity contribution in [2.75, 3.05) is 0 Å². The first-order valence-corrected chi connectivity index (χ1v) is 2.88. The van der Waals surface area contributed by atoms with Crippen molar-refractivity contribution < 1.29 is 0 Å². The Kier molecular flexibility index (Phi) is 6.47. The van der Waals surface area contributed by atoms with Crippen LogP contribution in [0.15, 0.2) is 42.1 Å². The van der Waals surface area contributed by atoms with Crippen LogP contribution in [0.3, 0.4) is 0 Å². The minimum absolute atomic E-state index is 1.20. The van der Waals surface area contributed by atoms with Crippen LogP contribution in [0.2, 0.25) is 0 Å². The Morgan fingerprint density at radius 3 is 2.60 bits per heavy atom. The van der Waals surface area contributed by atoms with Crippen molar-refractivity contribution in [3.63, 3.8) is 0 Å². The average Bonchev–Trinajstić information content (AvgIpc) is 1.97. The van der Waals surface area contributed by atoms with E-state index in [9.17, 15) is 0 Å². The highest BCUT2D eigenvalue weighted by Gasteiger charge is 1.59. The molecular formula is C8H10N2. The number of hydrogen-bond donors (Lipinski definition) is 1. The van der Waals surface area contributed by atoms with E-state index in [0.29, 0.717) is 0 Å². The van der Waals surface area contributed by atoms with Crippen LogP contribution in [-0.4, -0.2) is 12.4 Å². The molecule has 0 saturated heterocycles. The summed E-state index contributed by atoms with van der Waals surface area (Å²) < 4.78 is 0. The van der Waals surface area contributed by atoms with Crippen LogP contribution < -0.4 is 0 Å². The molecule has 0 aromatic carbocycles. The topological polar surface area (TPSA) is 36.2 Å². The first kappa shape index (κ1) is 8.56. The summed E-state index contributed by atoms with van der Waals surface area (Å²) in [6.07, 6.45) is 11.1. The van der Waals surface area contributed by atoms with E-state index in [2.05, 4.69) is 11.6 Å². The Bertz CT molecular complexity index is 156. The lowest BCUT2D eigenvalue weighted by atomic mass is 10.5. The molecule has 52 valence electrons. The van der Waals surface area contributed by atoms with Crippen LogP contribution in [-0.2, 0) is 0 Å². The summed E-state index contributed by atoms with van der Waals surface area (Å²) in [5.41, 5.74) is 0. The average molecular weight is 134 g/mol. The molecule has 0 radical (unpaired) electrons. The molecule has 0 spiro atoms. The van der Waals surface area contributed by atoms with Gasteiger partial charge in [0.05, 0.1) is 0 Å². The lowest BCUT2D eigenvalue weighted by molar-refractivity contribution is 1.57. The van der Waals surface area contributed by atoms with E-state index in [-0.39, 0.29) is 0 Å². The molecule has 0 amide bonds. The number of rotatable bonds is 4. The second-order valence-corrected chi connectivity index (χ2v) is 1.43. The fourth-order valence-corrected chi connectivity index (χ4v) is 0.315. The van der Waals surface area contributed by atoms with E-state index in [4.69, 9.17) is 5.41 Å². The molecule has 0 aromatic rings. The van der Waals surface area contributed by atoms with Gasteiger partial charge in [0.15, 0.2) is 0 Å². The van der Waals surface area contributed by atoms with Gasteiger partial charge in [-0.1, -0.05) is 12.7 Å². The van der Waals surface area contributed by atoms with Gasteiger partial charge in [-0.25, -0.2) is 0 Å². The summed E-state index contributed by atoms with van der Waals surface area (Å²) in [5, 5.41) is 6.61. The lowest BCUT2D eigenvalue weighted by Gasteiger charge is -1.70. The van der Waals surface area contributed by atoms with Crippen molar-refractivity contribution in [1.29, 1.82) is 5.41 Å². The fraction of sp³-hybridized carbons (Fsp3) is 0. The summed E-state index contributed by atoms with van der Waals surface area (Å²) in [4.78, 5) is 3.83. The Morgan fingerprint density at radius 2 is 2.00 bits per heavy atom. The molecule has 0 heterocycles. The van der Waals surface area contributed by atoms with Crippen LogP contribution in [0.4, 0.5) is 0 Å². The van der Waals surface area contributed by atoms with Gasteiger partial charge in [-0.05, 0) is 18.2 Å². The van der Waals surface area contributed by atoms with Crippen molar-refractivity contribution in [2.24, 2.45) is 4.99 Å². The molecule has 10 heavy (non-hydrogen) atoms. The largest absolute Gasteiger partial charge is 0.309 e. The summed E-state index contributed by atoms with van der Waals surface area (Å²) >= 11 is 0. The highest BCUT2D eigenvalue weighted by atomic mass is 14.6. The standard InChI is InChI=1S/C8H10N2/c1-2-3-7-10-8-5-4-6-9/h2-9H,1H2/b5-4+,7-3+,9-6?,10-8+. The van der Waals surface area contributed by atoms with E-state index in [0.717, 1.165) is 0 Å². The molecule has 0 aliphatic carbocycles. The van der Waals surface area contributed by atoms with Crippen molar-refractivity contribution in [3.8, 4) is 0 Å². The number of hydrogen-bond acceptors (Lipinski definition) is 2. The van der Waals surface area contributed by atoms with Gasteiger partial charge in [-0.2, -0.15) is 0 Å². The Hall–Kier alpha value is -1.44. The highest BCUT2D eigenvalue weighted by Crippen LogP contribution is 1.73. The molecular weight excluding hydrogens is 124 g/mol. The lowest BCUT2D eigenvalue weighted by Crippen LogP contribution is -1.62. The molecule has 0 unspecified atom stereocenters. The maximum atomic E-state index is 6.61. The zero-order chi connectivity index (χ0) is 7.66. The van der Waals surface area contributed by atoms with Gasteiger partial charge in [0.2, 0.25) is 0 Å². The Balaban J connectivity index is 3.55. The second-order valence-electron chi connectivity index (χ2n) is 1.43. The normalized spacial score (nSPS) is 11.6. The van der Waals surface area contributed by atoms with E-state index in [1.807, 2.05) is 0 Å². The monoisotopic (exact) mass is 134 g/mol. The third-order valence-corrected chi connectivity index (χ3v) is 0.688. The van der Waals surface area contributed by atoms with Crippen LogP contribution >= 0.6 is 0 Å². The van der Waals surface area contributed by atoms with Crippen molar-refractivity contribution >= 4 is 12.4 Å². The van der Waals surface area contributed by atoms with Gasteiger partial charge in [0, 0.05) is 18.6 Å². The van der Waals surface area contributed by atoms with E-state index < -0.39 is 0 Å². The van der Waals surface area contributed by atoms with Gasteiger partial charge < -0.3 is 5.41 Å². The Morgan fingerprint density at radius 1 is 1.20 bits per heavy atom. The van der Waals surface area contributed by atoms with Gasteiger partial charge in [0.1, 0.15) is 0 Å². The molecule has 0 fully saturated rings. The number of nitrogens with one attached hydrogen (secondary N) is 1. The molecule has 0 saturated carbocycles. The van der Waals surface area contributed by atoms with E-state index in [1.54, 1.807) is 36.7 Å². The van der Waals surface area contributed by atoms with Gasteiger partial charge in [-0.15, -0.1) is 0 Å². The first-order chi connectivity index (χ1) is 4.91. The number of nitrogens with zero attached hydrogens (tertiary/aromatic N) is 1. The summed E-state index contributed by atoms with van der Waals surface area (Å²) in [6.45, 7) is 3.48. The second kappa shape index (κ2) is 7.56. The molecule has 0 aliphatic heterocycles. The molecule has 1 N–H and O–H groups in total. The first-order valence-electron chi connectivity index (χ1n) is 2.88. The zero-order valence-electron chi connectivity index (χ0n) is 5.70. The predicted octanol–water partition coefficient (Wildman–Crippen LogP) is 1.96. The van der Waals surface area contributed by atoms with Crippen molar-refractivity contribution in [3.05, 3.63) is 37.1 Å². The third-order valence-electron chi connectivity index (χ3n) is 0.688. The molecule has 0 atom stereocenters. The summed E-state index contributed by atoms with van der Waals surface area (Å²) in [5.74, 6) is 0. The summed E-state index contributed by atoms with van der Waals surface area (Å²) in [6, 6.07) is 0. The SMILES string of the molecule is C=C/C=C/N=C/C=C/C=N. The molecule has 2 heteroatoms. The molecule has 0 aliphatic rings. The number of allylic oxidation sites excluding steroid dienone is 4. The third kappa shape index (κ3) is 6.56. The zero-order valence-corrected chi connectivity index (χ0v) is 5.70. The Labute approximate surface area is 60.8 Å². The maximum absolute atomic E-state index is 6.61. The van der Waals surface area contributed by atoms with Crippen molar-refractivity contribution in [1.82, 2.24) is 0 Å². The minimum Gasteiger partial charge on any atom is -0.309 e. The van der Waals surface area contributed by atoms with Gasteiger partial charge in [0.25, 0.3) is 0 Å². The van der Waals surface area contributed by atoms with E-state index in [1.165, 1.54) is 6.21 Å². The fourth-order valence-electron chi connectivity index (χ4n) is 0.315. The molecule has 0 rings (SSSR count). The quantitative estimate of drug-likeness (QED) is 0.450. The molecule has 2 nitrogen and oxygen atoms in total. The van der Waals surface area contributed by atoms with Gasteiger partial charge in [-0.3, -0.25) is 4.99 Å². The van der Waals surface area contributed by atoms with Crippen LogP contribution in [0, 0.1) is 5.41 Å². The molecule has 0 aromatic heterocycles. The number of aliphatic imine (C=N–C) groups is 1. The maximum Gasteiger partial charge on any atom is 0.0268 e. The van der Waals surface area contributed by atoms with Crippen LogP contribution in [0.25, 0.3) is 0 Å².